The minimum absolute atomic E-state index is 0.0366. The molecule has 0 bridgehead atoms. The summed E-state index contributed by atoms with van der Waals surface area (Å²) < 4.78 is 57.9. The molecule has 1 N–H and O–H groups in total. The third-order valence-corrected chi connectivity index (χ3v) is 4.88. The number of halogens is 2. The van der Waals surface area contributed by atoms with Gasteiger partial charge in [-0.25, -0.2) is 21.9 Å². The van der Waals surface area contributed by atoms with E-state index in [0.717, 1.165) is 17.7 Å². The monoisotopic (exact) mass is 355 g/mol. The van der Waals surface area contributed by atoms with Crippen LogP contribution in [0.15, 0.2) is 47.4 Å². The summed E-state index contributed by atoms with van der Waals surface area (Å²) in [6, 6.07) is 9.54. The van der Waals surface area contributed by atoms with Gasteiger partial charge in [0.2, 0.25) is 10.0 Å². The SMILES string of the molecule is CC(C)c1ccc(S(=O)(=O)NCCOc2ccc(F)cc2F)cc1. The first-order chi connectivity index (χ1) is 11.3. The maximum absolute atomic E-state index is 13.4. The van der Waals surface area contributed by atoms with Crippen molar-refractivity contribution in [2.45, 2.75) is 24.7 Å². The molecule has 2 rings (SSSR count). The van der Waals surface area contributed by atoms with Gasteiger partial charge in [-0.15, -0.1) is 0 Å². The average Bonchev–Trinajstić information content (AvgIpc) is 2.53. The number of sulfonamides is 1. The lowest BCUT2D eigenvalue weighted by atomic mass is 10.0. The van der Waals surface area contributed by atoms with Gasteiger partial charge in [0.1, 0.15) is 12.4 Å². The van der Waals surface area contributed by atoms with Crippen LogP contribution in [-0.4, -0.2) is 21.6 Å². The van der Waals surface area contributed by atoms with Gasteiger partial charge >= 0.3 is 0 Å². The second-order valence-electron chi connectivity index (χ2n) is 5.54. The predicted molar refractivity (Wildman–Crippen MR) is 87.6 cm³/mol. The molecule has 4 nitrogen and oxygen atoms in total. The van der Waals surface area contributed by atoms with E-state index in [1.54, 1.807) is 12.1 Å². The summed E-state index contributed by atoms with van der Waals surface area (Å²) in [5.74, 6) is -1.35. The van der Waals surface area contributed by atoms with Crippen molar-refractivity contribution in [1.29, 1.82) is 0 Å². The number of hydrogen-bond donors (Lipinski definition) is 1. The van der Waals surface area contributed by atoms with Gasteiger partial charge < -0.3 is 4.74 Å². The van der Waals surface area contributed by atoms with Crippen LogP contribution < -0.4 is 9.46 Å². The van der Waals surface area contributed by atoms with Crippen LogP contribution >= 0.6 is 0 Å². The predicted octanol–water partition coefficient (Wildman–Crippen LogP) is 3.45. The highest BCUT2D eigenvalue weighted by Crippen LogP contribution is 2.18. The molecule has 0 aromatic heterocycles. The topological polar surface area (TPSA) is 55.4 Å². The van der Waals surface area contributed by atoms with Crippen LogP contribution in [-0.2, 0) is 10.0 Å². The molecular formula is C17H19F2NO3S. The maximum atomic E-state index is 13.4. The summed E-state index contributed by atoms with van der Waals surface area (Å²) in [5.41, 5.74) is 1.05. The normalized spacial score (nSPS) is 11.7. The van der Waals surface area contributed by atoms with E-state index in [-0.39, 0.29) is 23.8 Å². The summed E-state index contributed by atoms with van der Waals surface area (Å²) in [6.45, 7) is 3.93. The van der Waals surface area contributed by atoms with Crippen molar-refractivity contribution in [2.24, 2.45) is 0 Å². The van der Waals surface area contributed by atoms with Crippen molar-refractivity contribution >= 4 is 10.0 Å². The fraction of sp³-hybridized carbons (Fsp3) is 0.294. The molecule has 2 aromatic carbocycles. The Labute approximate surface area is 140 Å². The van der Waals surface area contributed by atoms with Gasteiger partial charge in [0.05, 0.1) is 4.90 Å². The molecule has 130 valence electrons. The highest BCUT2D eigenvalue weighted by molar-refractivity contribution is 7.89. The molecular weight excluding hydrogens is 336 g/mol. The number of nitrogens with one attached hydrogen (secondary N) is 1. The van der Waals surface area contributed by atoms with Gasteiger partial charge in [0.15, 0.2) is 11.6 Å². The van der Waals surface area contributed by atoms with Crippen molar-refractivity contribution in [3.63, 3.8) is 0 Å². The van der Waals surface area contributed by atoms with E-state index in [4.69, 9.17) is 4.74 Å². The Morgan fingerprint density at radius 3 is 2.33 bits per heavy atom. The van der Waals surface area contributed by atoms with E-state index in [0.29, 0.717) is 12.0 Å². The smallest absolute Gasteiger partial charge is 0.240 e. The maximum Gasteiger partial charge on any atom is 0.240 e. The molecule has 0 saturated heterocycles. The quantitative estimate of drug-likeness (QED) is 0.774. The Balaban J connectivity index is 1.90. The third kappa shape index (κ3) is 4.75. The van der Waals surface area contributed by atoms with E-state index in [9.17, 15) is 17.2 Å². The third-order valence-electron chi connectivity index (χ3n) is 3.40. The second kappa shape index (κ2) is 7.72. The minimum atomic E-state index is -3.66. The molecule has 0 saturated carbocycles. The lowest BCUT2D eigenvalue weighted by Gasteiger charge is -2.10. The van der Waals surface area contributed by atoms with E-state index >= 15 is 0 Å². The molecule has 0 aliphatic rings. The first kappa shape index (κ1) is 18.4. The zero-order valence-corrected chi connectivity index (χ0v) is 14.2. The number of rotatable bonds is 7. The Morgan fingerprint density at radius 2 is 1.75 bits per heavy atom. The molecule has 7 heteroatoms. The van der Waals surface area contributed by atoms with Gasteiger partial charge in [0.25, 0.3) is 0 Å². The van der Waals surface area contributed by atoms with Crippen molar-refractivity contribution in [1.82, 2.24) is 4.72 Å². The first-order valence-corrected chi connectivity index (χ1v) is 8.95. The van der Waals surface area contributed by atoms with Crippen LogP contribution in [0.4, 0.5) is 8.78 Å². The Kier molecular flexibility index (Phi) is 5.90. The van der Waals surface area contributed by atoms with Gasteiger partial charge in [-0.1, -0.05) is 26.0 Å². The van der Waals surface area contributed by atoms with Gasteiger partial charge in [-0.3, -0.25) is 0 Å². The average molecular weight is 355 g/mol. The Hall–Kier alpha value is -1.99. The Bertz CT molecular complexity index is 790. The zero-order valence-electron chi connectivity index (χ0n) is 13.4. The van der Waals surface area contributed by atoms with E-state index in [1.807, 2.05) is 13.8 Å². The number of hydrogen-bond acceptors (Lipinski definition) is 3. The van der Waals surface area contributed by atoms with Crippen LogP contribution in [0.3, 0.4) is 0 Å². The largest absolute Gasteiger partial charge is 0.489 e. The molecule has 0 unspecified atom stereocenters. The van der Waals surface area contributed by atoms with Gasteiger partial charge in [-0.2, -0.15) is 0 Å². The van der Waals surface area contributed by atoms with Crippen molar-refractivity contribution in [2.75, 3.05) is 13.2 Å². The van der Waals surface area contributed by atoms with Gasteiger partial charge in [-0.05, 0) is 35.7 Å². The van der Waals surface area contributed by atoms with Crippen molar-refractivity contribution < 1.29 is 21.9 Å². The molecule has 0 aliphatic heterocycles. The zero-order chi connectivity index (χ0) is 17.7. The van der Waals surface area contributed by atoms with Gasteiger partial charge in [0, 0.05) is 12.6 Å². The molecule has 0 atom stereocenters. The van der Waals surface area contributed by atoms with Crippen LogP contribution in [0.2, 0.25) is 0 Å². The Morgan fingerprint density at radius 1 is 1.08 bits per heavy atom. The summed E-state index contributed by atoms with van der Waals surface area (Å²) in [5, 5.41) is 0. The van der Waals surface area contributed by atoms with Crippen molar-refractivity contribution in [3.05, 3.63) is 59.7 Å². The van der Waals surface area contributed by atoms with Crippen LogP contribution in [0.5, 0.6) is 5.75 Å². The minimum Gasteiger partial charge on any atom is -0.489 e. The molecule has 0 heterocycles. The van der Waals surface area contributed by atoms with Crippen LogP contribution in [0.1, 0.15) is 25.3 Å². The fourth-order valence-corrected chi connectivity index (χ4v) is 3.06. The molecule has 0 fully saturated rings. The standard InChI is InChI=1S/C17H19F2NO3S/c1-12(2)13-3-6-15(7-4-13)24(21,22)20-9-10-23-17-8-5-14(18)11-16(17)19/h3-8,11-12,20H,9-10H2,1-2H3. The molecule has 24 heavy (non-hydrogen) atoms. The first-order valence-electron chi connectivity index (χ1n) is 7.47. The number of ether oxygens (including phenoxy) is 1. The highest BCUT2D eigenvalue weighted by atomic mass is 32.2. The summed E-state index contributed by atoms with van der Waals surface area (Å²) in [6.07, 6.45) is 0. The lowest BCUT2D eigenvalue weighted by molar-refractivity contribution is 0.305. The van der Waals surface area contributed by atoms with E-state index in [1.165, 1.54) is 12.1 Å². The summed E-state index contributed by atoms with van der Waals surface area (Å²) >= 11 is 0. The second-order valence-corrected chi connectivity index (χ2v) is 7.31. The molecule has 0 spiro atoms. The molecule has 0 radical (unpaired) electrons. The fourth-order valence-electron chi connectivity index (χ4n) is 2.04. The van der Waals surface area contributed by atoms with E-state index in [2.05, 4.69) is 4.72 Å². The van der Waals surface area contributed by atoms with Crippen LogP contribution in [0, 0.1) is 11.6 Å². The number of benzene rings is 2. The lowest BCUT2D eigenvalue weighted by Crippen LogP contribution is -2.28. The van der Waals surface area contributed by atoms with Crippen molar-refractivity contribution in [3.8, 4) is 5.75 Å². The van der Waals surface area contributed by atoms with Crippen LogP contribution in [0.25, 0.3) is 0 Å². The molecule has 0 aliphatic carbocycles. The van der Waals surface area contributed by atoms with E-state index < -0.39 is 21.7 Å². The molecule has 0 amide bonds. The summed E-state index contributed by atoms with van der Waals surface area (Å²) in [4.78, 5) is 0.153. The summed E-state index contributed by atoms with van der Waals surface area (Å²) in [7, 11) is -3.66. The molecule has 2 aromatic rings. The highest BCUT2D eigenvalue weighted by Gasteiger charge is 2.14.